The second-order valence-electron chi connectivity index (χ2n) is 3.20. The molecule has 0 N–H and O–H groups in total. The maximum Gasteiger partial charge on any atom is 0.121 e. The molecule has 16 heavy (non-hydrogen) atoms. The first-order valence-electron chi connectivity index (χ1n) is 5.04. The van der Waals surface area contributed by atoms with Crippen molar-refractivity contribution in [3.8, 4) is 11.4 Å². The quantitative estimate of drug-likeness (QED) is 0.767. The second-order valence-corrected chi connectivity index (χ2v) is 3.47. The van der Waals surface area contributed by atoms with E-state index in [2.05, 4.69) is 10.3 Å². The van der Waals surface area contributed by atoms with E-state index in [1.165, 1.54) is 0 Å². The minimum absolute atomic E-state index is 0.381. The fourth-order valence-electron chi connectivity index (χ4n) is 1.44. The van der Waals surface area contributed by atoms with Crippen molar-refractivity contribution in [1.82, 2.24) is 15.0 Å². The summed E-state index contributed by atoms with van der Waals surface area (Å²) in [5, 5.41) is 7.82. The second kappa shape index (κ2) is 4.99. The molecule has 2 aromatic rings. The van der Waals surface area contributed by atoms with Gasteiger partial charge in [0.05, 0.1) is 30.1 Å². The number of halogens is 1. The minimum atomic E-state index is 0.381. The van der Waals surface area contributed by atoms with Gasteiger partial charge in [-0.05, 0) is 19.1 Å². The van der Waals surface area contributed by atoms with E-state index >= 15 is 0 Å². The Morgan fingerprint density at radius 1 is 1.44 bits per heavy atom. The molecule has 84 valence electrons. The number of ether oxygens (including phenoxy) is 1. The first-order valence-corrected chi connectivity index (χ1v) is 5.57. The fourth-order valence-corrected chi connectivity index (χ4v) is 1.62. The number of hydrogen-bond acceptors (Lipinski definition) is 3. The maximum atomic E-state index is 5.79. The molecule has 5 heteroatoms. The molecule has 0 bridgehead atoms. The van der Waals surface area contributed by atoms with Gasteiger partial charge in [-0.3, -0.25) is 0 Å². The lowest BCUT2D eigenvalue weighted by atomic mass is 10.3. The van der Waals surface area contributed by atoms with Crippen LogP contribution in [0.1, 0.15) is 12.6 Å². The Kier molecular flexibility index (Phi) is 3.41. The molecule has 0 aliphatic rings. The van der Waals surface area contributed by atoms with E-state index in [0.717, 1.165) is 17.1 Å². The van der Waals surface area contributed by atoms with E-state index in [1.807, 2.05) is 31.2 Å². The summed E-state index contributed by atoms with van der Waals surface area (Å²) in [5.74, 6) is 1.20. The molecule has 1 heterocycles. The van der Waals surface area contributed by atoms with Crippen LogP contribution < -0.4 is 4.74 Å². The van der Waals surface area contributed by atoms with Crippen molar-refractivity contribution in [1.29, 1.82) is 0 Å². The number of hydrogen-bond donors (Lipinski definition) is 0. The van der Waals surface area contributed by atoms with Gasteiger partial charge < -0.3 is 4.74 Å². The molecule has 0 radical (unpaired) electrons. The van der Waals surface area contributed by atoms with Crippen LogP contribution in [0.4, 0.5) is 0 Å². The average Bonchev–Trinajstić information content (AvgIpc) is 2.78. The summed E-state index contributed by atoms with van der Waals surface area (Å²) in [6.07, 6.45) is 1.65. The van der Waals surface area contributed by atoms with Gasteiger partial charge in [0, 0.05) is 6.07 Å². The van der Waals surface area contributed by atoms with E-state index < -0.39 is 0 Å². The van der Waals surface area contributed by atoms with Gasteiger partial charge >= 0.3 is 0 Å². The molecule has 0 saturated heterocycles. The monoisotopic (exact) mass is 237 g/mol. The Morgan fingerprint density at radius 2 is 2.31 bits per heavy atom. The molecule has 0 atom stereocenters. The smallest absolute Gasteiger partial charge is 0.121 e. The van der Waals surface area contributed by atoms with Crippen molar-refractivity contribution < 1.29 is 4.74 Å². The molecule has 0 amide bonds. The summed E-state index contributed by atoms with van der Waals surface area (Å²) < 4.78 is 7.13. The zero-order valence-corrected chi connectivity index (χ0v) is 9.68. The lowest BCUT2D eigenvalue weighted by molar-refractivity contribution is 0.340. The van der Waals surface area contributed by atoms with Crippen LogP contribution in [0.25, 0.3) is 5.69 Å². The normalized spacial score (nSPS) is 10.4. The molecule has 0 spiro atoms. The molecule has 1 aromatic carbocycles. The summed E-state index contributed by atoms with van der Waals surface area (Å²) in [7, 11) is 0. The summed E-state index contributed by atoms with van der Waals surface area (Å²) in [5.41, 5.74) is 1.76. The van der Waals surface area contributed by atoms with Crippen LogP contribution in [0.15, 0.2) is 30.5 Å². The number of rotatable bonds is 4. The zero-order chi connectivity index (χ0) is 11.4. The highest BCUT2D eigenvalue weighted by Crippen LogP contribution is 2.17. The van der Waals surface area contributed by atoms with E-state index in [-0.39, 0.29) is 0 Å². The molecule has 2 rings (SSSR count). The summed E-state index contributed by atoms with van der Waals surface area (Å²) in [4.78, 5) is 0. The third kappa shape index (κ3) is 2.17. The van der Waals surface area contributed by atoms with Crippen LogP contribution in [0.5, 0.6) is 5.75 Å². The van der Waals surface area contributed by atoms with Gasteiger partial charge in [-0.1, -0.05) is 11.3 Å². The molecule has 0 aliphatic heterocycles. The van der Waals surface area contributed by atoms with Crippen molar-refractivity contribution in [2.24, 2.45) is 0 Å². The number of benzene rings is 1. The van der Waals surface area contributed by atoms with Gasteiger partial charge in [0.1, 0.15) is 5.75 Å². The molecule has 1 aromatic heterocycles. The SMILES string of the molecule is CCOc1cccc(-n2nncc2CCl)c1. The zero-order valence-electron chi connectivity index (χ0n) is 8.93. The Bertz CT molecular complexity index is 470. The molecule has 4 nitrogen and oxygen atoms in total. The van der Waals surface area contributed by atoms with Crippen LogP contribution in [0, 0.1) is 0 Å². The number of aromatic nitrogens is 3. The van der Waals surface area contributed by atoms with Crippen LogP contribution in [-0.2, 0) is 5.88 Å². The summed E-state index contributed by atoms with van der Waals surface area (Å²) >= 11 is 5.79. The lowest BCUT2D eigenvalue weighted by Gasteiger charge is -2.07. The molecule has 0 unspecified atom stereocenters. The van der Waals surface area contributed by atoms with E-state index in [1.54, 1.807) is 10.9 Å². The lowest BCUT2D eigenvalue weighted by Crippen LogP contribution is -2.01. The van der Waals surface area contributed by atoms with Crippen molar-refractivity contribution >= 4 is 11.6 Å². The van der Waals surface area contributed by atoms with Crippen molar-refractivity contribution in [3.05, 3.63) is 36.2 Å². The third-order valence-corrected chi connectivity index (χ3v) is 2.40. The van der Waals surface area contributed by atoms with E-state index in [9.17, 15) is 0 Å². The first kappa shape index (κ1) is 11.0. The van der Waals surface area contributed by atoms with Crippen LogP contribution in [-0.4, -0.2) is 21.6 Å². The first-order chi connectivity index (χ1) is 7.85. The van der Waals surface area contributed by atoms with Gasteiger partial charge in [-0.25, -0.2) is 4.68 Å². The fraction of sp³-hybridized carbons (Fsp3) is 0.273. The largest absolute Gasteiger partial charge is 0.494 e. The number of alkyl halides is 1. The predicted molar refractivity (Wildman–Crippen MR) is 62.1 cm³/mol. The highest BCUT2D eigenvalue weighted by molar-refractivity contribution is 6.16. The van der Waals surface area contributed by atoms with Gasteiger partial charge in [0.15, 0.2) is 0 Å². The van der Waals surface area contributed by atoms with Crippen LogP contribution in [0.2, 0.25) is 0 Å². The Balaban J connectivity index is 2.36. The van der Waals surface area contributed by atoms with Crippen molar-refractivity contribution in [3.63, 3.8) is 0 Å². The Morgan fingerprint density at radius 3 is 3.06 bits per heavy atom. The molecule has 0 aliphatic carbocycles. The van der Waals surface area contributed by atoms with E-state index in [0.29, 0.717) is 12.5 Å². The van der Waals surface area contributed by atoms with Gasteiger partial charge in [0.25, 0.3) is 0 Å². The molecule has 0 saturated carbocycles. The van der Waals surface area contributed by atoms with Crippen molar-refractivity contribution in [2.75, 3.05) is 6.61 Å². The standard InChI is InChI=1S/C11H12ClN3O/c1-2-16-11-5-3-4-9(6-11)15-10(7-12)8-13-14-15/h3-6,8H,2,7H2,1H3. The molecular formula is C11H12ClN3O. The third-order valence-electron chi connectivity index (χ3n) is 2.13. The minimum Gasteiger partial charge on any atom is -0.494 e. The summed E-state index contributed by atoms with van der Waals surface area (Å²) in [6, 6.07) is 7.67. The Hall–Kier alpha value is -1.55. The highest BCUT2D eigenvalue weighted by atomic mass is 35.5. The van der Waals surface area contributed by atoms with Crippen LogP contribution in [0.3, 0.4) is 0 Å². The summed E-state index contributed by atoms with van der Waals surface area (Å²) in [6.45, 7) is 2.59. The van der Waals surface area contributed by atoms with E-state index in [4.69, 9.17) is 16.3 Å². The molecule has 0 fully saturated rings. The maximum absolute atomic E-state index is 5.79. The predicted octanol–water partition coefficient (Wildman–Crippen LogP) is 2.40. The Labute approximate surface area is 98.8 Å². The van der Waals surface area contributed by atoms with Gasteiger partial charge in [0.2, 0.25) is 0 Å². The highest BCUT2D eigenvalue weighted by Gasteiger charge is 2.05. The van der Waals surface area contributed by atoms with Crippen LogP contribution >= 0.6 is 11.6 Å². The number of nitrogens with zero attached hydrogens (tertiary/aromatic N) is 3. The molecular weight excluding hydrogens is 226 g/mol. The van der Waals surface area contributed by atoms with Gasteiger partial charge in [-0.15, -0.1) is 16.7 Å². The van der Waals surface area contributed by atoms with Crippen molar-refractivity contribution in [2.45, 2.75) is 12.8 Å². The van der Waals surface area contributed by atoms with Gasteiger partial charge in [-0.2, -0.15) is 0 Å². The topological polar surface area (TPSA) is 39.9 Å². The average molecular weight is 238 g/mol.